The van der Waals surface area contributed by atoms with Gasteiger partial charge in [0.1, 0.15) is 5.69 Å². The minimum Gasteiger partial charge on any atom is -0.477 e. The van der Waals surface area contributed by atoms with E-state index >= 15 is 0 Å². The lowest BCUT2D eigenvalue weighted by atomic mass is 10.1. The van der Waals surface area contributed by atoms with Gasteiger partial charge in [0.2, 0.25) is 0 Å². The van der Waals surface area contributed by atoms with Gasteiger partial charge in [-0.3, -0.25) is 0 Å². The Morgan fingerprint density at radius 2 is 2.20 bits per heavy atom. The van der Waals surface area contributed by atoms with Crippen molar-refractivity contribution < 1.29 is 9.90 Å². The fourth-order valence-electron chi connectivity index (χ4n) is 2.05. The third kappa shape index (κ3) is 1.18. The van der Waals surface area contributed by atoms with Gasteiger partial charge in [-0.15, -0.1) is 0 Å². The molecule has 0 fully saturated rings. The molecule has 4 nitrogen and oxygen atoms in total. The van der Waals surface area contributed by atoms with Crippen molar-refractivity contribution in [1.29, 1.82) is 0 Å². The summed E-state index contributed by atoms with van der Waals surface area (Å²) in [4.78, 5) is 13.7. The summed E-state index contributed by atoms with van der Waals surface area (Å²) >= 11 is 0. The topological polar surface area (TPSA) is 65.1 Å². The average molecular weight is 202 g/mol. The van der Waals surface area contributed by atoms with Crippen molar-refractivity contribution in [1.82, 2.24) is 4.98 Å². The van der Waals surface area contributed by atoms with Crippen LogP contribution < -0.4 is 5.32 Å². The van der Waals surface area contributed by atoms with Crippen molar-refractivity contribution in [2.24, 2.45) is 0 Å². The number of anilines is 1. The Balaban J connectivity index is 2.24. The molecule has 1 aliphatic heterocycles. The number of fused-ring (bicyclic) bond motifs is 2. The molecule has 0 radical (unpaired) electrons. The molecule has 3 rings (SSSR count). The Hall–Kier alpha value is -1.97. The van der Waals surface area contributed by atoms with Crippen LogP contribution in [0.15, 0.2) is 18.2 Å². The van der Waals surface area contributed by atoms with E-state index in [0.717, 1.165) is 29.6 Å². The SMILES string of the molecule is O=C(O)c1cc2cc3c(cc2[nH]1)NCC3. The minimum atomic E-state index is -0.917. The lowest BCUT2D eigenvalue weighted by Gasteiger charge is -1.98. The Bertz CT molecular complexity index is 516. The maximum absolute atomic E-state index is 10.8. The number of hydrogen-bond acceptors (Lipinski definition) is 2. The molecular weight excluding hydrogens is 192 g/mol. The van der Waals surface area contributed by atoms with Crippen LogP contribution in [-0.2, 0) is 6.42 Å². The van der Waals surface area contributed by atoms with Gasteiger partial charge < -0.3 is 15.4 Å². The molecule has 4 heteroatoms. The summed E-state index contributed by atoms with van der Waals surface area (Å²) in [5, 5.41) is 13.1. The van der Waals surface area contributed by atoms with E-state index in [2.05, 4.69) is 10.3 Å². The van der Waals surface area contributed by atoms with Gasteiger partial charge in [0.05, 0.1) is 0 Å². The van der Waals surface area contributed by atoms with Gasteiger partial charge >= 0.3 is 5.97 Å². The van der Waals surface area contributed by atoms with E-state index in [1.807, 2.05) is 12.1 Å². The Labute approximate surface area is 85.9 Å². The van der Waals surface area contributed by atoms with Crippen LogP contribution in [0.25, 0.3) is 10.9 Å². The molecule has 3 N–H and O–H groups in total. The molecule has 0 bridgehead atoms. The quantitative estimate of drug-likeness (QED) is 0.661. The summed E-state index contributed by atoms with van der Waals surface area (Å²) in [6.07, 6.45) is 1.01. The fourth-order valence-corrected chi connectivity index (χ4v) is 2.05. The maximum Gasteiger partial charge on any atom is 0.352 e. The smallest absolute Gasteiger partial charge is 0.352 e. The number of H-pyrrole nitrogens is 1. The molecule has 0 aliphatic carbocycles. The molecule has 0 atom stereocenters. The molecule has 0 spiro atoms. The number of benzene rings is 1. The van der Waals surface area contributed by atoms with Crippen LogP contribution >= 0.6 is 0 Å². The summed E-state index contributed by atoms with van der Waals surface area (Å²) in [5.41, 5.74) is 3.49. The molecule has 0 amide bonds. The molecule has 0 unspecified atom stereocenters. The van der Waals surface area contributed by atoms with Gasteiger partial charge in [-0.2, -0.15) is 0 Å². The first-order chi connectivity index (χ1) is 7.24. The number of carboxylic acids is 1. The molecule has 1 aromatic carbocycles. The van der Waals surface area contributed by atoms with Gasteiger partial charge in [0.25, 0.3) is 0 Å². The molecule has 1 aromatic heterocycles. The molecule has 15 heavy (non-hydrogen) atoms. The highest BCUT2D eigenvalue weighted by molar-refractivity contribution is 5.95. The Morgan fingerprint density at radius 3 is 3.00 bits per heavy atom. The van der Waals surface area contributed by atoms with Crippen LogP contribution in [-0.4, -0.2) is 22.6 Å². The molecule has 76 valence electrons. The van der Waals surface area contributed by atoms with Crippen LogP contribution in [0.3, 0.4) is 0 Å². The highest BCUT2D eigenvalue weighted by atomic mass is 16.4. The number of aromatic carboxylic acids is 1. The second-order valence-corrected chi connectivity index (χ2v) is 3.76. The van der Waals surface area contributed by atoms with Crippen molar-refractivity contribution in [2.45, 2.75) is 6.42 Å². The molecule has 2 heterocycles. The van der Waals surface area contributed by atoms with Crippen LogP contribution in [0.4, 0.5) is 5.69 Å². The van der Waals surface area contributed by atoms with E-state index in [0.29, 0.717) is 0 Å². The second-order valence-electron chi connectivity index (χ2n) is 3.76. The average Bonchev–Trinajstić information content (AvgIpc) is 2.77. The third-order valence-electron chi connectivity index (χ3n) is 2.78. The summed E-state index contributed by atoms with van der Waals surface area (Å²) < 4.78 is 0. The lowest BCUT2D eigenvalue weighted by molar-refractivity contribution is 0.0691. The molecule has 0 saturated heterocycles. The minimum absolute atomic E-state index is 0.244. The first-order valence-corrected chi connectivity index (χ1v) is 4.87. The number of rotatable bonds is 1. The predicted molar refractivity (Wildman–Crippen MR) is 57.5 cm³/mol. The number of carbonyl (C=O) groups is 1. The van der Waals surface area contributed by atoms with Crippen LogP contribution in [0.5, 0.6) is 0 Å². The van der Waals surface area contributed by atoms with Crippen molar-refractivity contribution >= 4 is 22.6 Å². The van der Waals surface area contributed by atoms with Gasteiger partial charge in [0, 0.05) is 23.1 Å². The third-order valence-corrected chi connectivity index (χ3v) is 2.78. The summed E-state index contributed by atoms with van der Waals surface area (Å²) in [6.45, 7) is 0.966. The van der Waals surface area contributed by atoms with E-state index in [1.165, 1.54) is 5.56 Å². The monoisotopic (exact) mass is 202 g/mol. The van der Waals surface area contributed by atoms with Crippen molar-refractivity contribution in [3.63, 3.8) is 0 Å². The van der Waals surface area contributed by atoms with Crippen LogP contribution in [0.2, 0.25) is 0 Å². The van der Waals surface area contributed by atoms with E-state index in [4.69, 9.17) is 5.11 Å². The fraction of sp³-hybridized carbons (Fsp3) is 0.182. The summed E-state index contributed by atoms with van der Waals surface area (Å²) in [6, 6.07) is 5.70. The van der Waals surface area contributed by atoms with Gasteiger partial charge in [-0.05, 0) is 30.2 Å². The number of aromatic nitrogens is 1. The zero-order chi connectivity index (χ0) is 10.4. The summed E-state index contributed by atoms with van der Waals surface area (Å²) in [5.74, 6) is -0.917. The van der Waals surface area contributed by atoms with E-state index in [9.17, 15) is 4.79 Å². The Kier molecular flexibility index (Phi) is 1.54. The lowest BCUT2D eigenvalue weighted by Crippen LogP contribution is -1.94. The maximum atomic E-state index is 10.8. The number of nitrogens with one attached hydrogen (secondary N) is 2. The van der Waals surface area contributed by atoms with Crippen molar-refractivity contribution in [3.8, 4) is 0 Å². The van der Waals surface area contributed by atoms with Crippen LogP contribution in [0.1, 0.15) is 16.1 Å². The van der Waals surface area contributed by atoms with E-state index < -0.39 is 5.97 Å². The second kappa shape index (κ2) is 2.76. The van der Waals surface area contributed by atoms with Gasteiger partial charge in [-0.25, -0.2) is 4.79 Å². The number of hydrogen-bond donors (Lipinski definition) is 3. The first kappa shape index (κ1) is 8.35. The highest BCUT2D eigenvalue weighted by Crippen LogP contribution is 2.28. The highest BCUT2D eigenvalue weighted by Gasteiger charge is 2.13. The van der Waals surface area contributed by atoms with Crippen LogP contribution in [0, 0.1) is 0 Å². The molecular formula is C11H10N2O2. The Morgan fingerprint density at radius 1 is 1.33 bits per heavy atom. The molecule has 2 aromatic rings. The molecule has 0 saturated carbocycles. The standard InChI is InChI=1S/C11H10N2O2/c14-11(15)10-4-7-3-6-1-2-12-8(6)5-9(7)13-10/h3-5,12-13H,1-2H2,(H,14,15). The summed E-state index contributed by atoms with van der Waals surface area (Å²) in [7, 11) is 0. The van der Waals surface area contributed by atoms with E-state index in [1.54, 1.807) is 6.07 Å². The number of aromatic amines is 1. The predicted octanol–water partition coefficient (Wildman–Crippen LogP) is 1.83. The van der Waals surface area contributed by atoms with Gasteiger partial charge in [0.15, 0.2) is 0 Å². The zero-order valence-electron chi connectivity index (χ0n) is 8.00. The first-order valence-electron chi connectivity index (χ1n) is 4.87. The zero-order valence-corrected chi connectivity index (χ0v) is 8.00. The normalized spacial score (nSPS) is 13.9. The van der Waals surface area contributed by atoms with Crippen molar-refractivity contribution in [2.75, 3.05) is 11.9 Å². The largest absolute Gasteiger partial charge is 0.477 e. The van der Waals surface area contributed by atoms with Gasteiger partial charge in [-0.1, -0.05) is 0 Å². The van der Waals surface area contributed by atoms with E-state index in [-0.39, 0.29) is 5.69 Å². The number of carboxylic acid groups (broad SMARTS) is 1. The molecule has 1 aliphatic rings. The van der Waals surface area contributed by atoms with Crippen molar-refractivity contribution in [3.05, 3.63) is 29.5 Å².